The second-order valence-corrected chi connectivity index (χ2v) is 5.02. The Hall–Kier alpha value is -0.880. The number of carboxylic acids is 1. The third-order valence-electron chi connectivity index (χ3n) is 1.80. The van der Waals surface area contributed by atoms with Crippen molar-refractivity contribution in [2.45, 2.75) is 32.2 Å². The van der Waals surface area contributed by atoms with E-state index in [4.69, 9.17) is 5.11 Å². The molecule has 5 nitrogen and oxygen atoms in total. The molecule has 0 aliphatic carbocycles. The van der Waals surface area contributed by atoms with Crippen molar-refractivity contribution in [3.63, 3.8) is 0 Å². The van der Waals surface area contributed by atoms with Crippen molar-refractivity contribution in [3.05, 3.63) is 12.7 Å². The third-order valence-corrected chi connectivity index (χ3v) is 3.12. The molecule has 0 bridgehead atoms. The van der Waals surface area contributed by atoms with Gasteiger partial charge in [0, 0.05) is 0 Å². The van der Waals surface area contributed by atoms with Crippen LogP contribution in [0.4, 0.5) is 0 Å². The van der Waals surface area contributed by atoms with Crippen molar-refractivity contribution in [1.29, 1.82) is 0 Å². The van der Waals surface area contributed by atoms with E-state index in [0.29, 0.717) is 12.8 Å². The Kier molecular flexibility index (Phi) is 6.19. The van der Waals surface area contributed by atoms with Gasteiger partial charge in [0.2, 0.25) is 10.0 Å². The Labute approximate surface area is 90.2 Å². The Morgan fingerprint density at radius 1 is 1.60 bits per heavy atom. The number of aliphatic carboxylic acids is 1. The molecule has 0 spiro atoms. The minimum atomic E-state index is -3.56. The standard InChI is InChI=1S/C9H17NO4S/c1-3-5-6-8(9(11)12)10-15(13,14)7-4-2/h4,8,10H,2-3,5-7H2,1H3,(H,11,12). The van der Waals surface area contributed by atoms with Gasteiger partial charge in [-0.15, -0.1) is 6.58 Å². The van der Waals surface area contributed by atoms with Crippen LogP contribution in [0.1, 0.15) is 26.2 Å². The fraction of sp³-hybridized carbons (Fsp3) is 0.667. The predicted molar refractivity (Wildman–Crippen MR) is 58.1 cm³/mol. The van der Waals surface area contributed by atoms with Crippen molar-refractivity contribution in [2.75, 3.05) is 5.75 Å². The lowest BCUT2D eigenvalue weighted by atomic mass is 10.1. The summed E-state index contributed by atoms with van der Waals surface area (Å²) < 4.78 is 24.7. The van der Waals surface area contributed by atoms with E-state index >= 15 is 0 Å². The maximum atomic E-state index is 11.3. The van der Waals surface area contributed by atoms with Crippen molar-refractivity contribution in [1.82, 2.24) is 4.72 Å². The molecular formula is C9H17NO4S. The molecule has 1 atom stereocenters. The molecule has 15 heavy (non-hydrogen) atoms. The molecule has 1 unspecified atom stereocenters. The number of unbranched alkanes of at least 4 members (excludes halogenated alkanes) is 1. The summed E-state index contributed by atoms with van der Waals surface area (Å²) in [5.74, 6) is -1.40. The molecule has 0 aliphatic rings. The smallest absolute Gasteiger partial charge is 0.321 e. The van der Waals surface area contributed by atoms with Crippen LogP contribution < -0.4 is 4.72 Å². The summed E-state index contributed by atoms with van der Waals surface area (Å²) in [6.45, 7) is 5.21. The first-order chi connectivity index (χ1) is 6.93. The maximum Gasteiger partial charge on any atom is 0.321 e. The Balaban J connectivity index is 4.40. The highest BCUT2D eigenvalue weighted by molar-refractivity contribution is 7.89. The number of hydrogen-bond donors (Lipinski definition) is 2. The highest BCUT2D eigenvalue weighted by atomic mass is 32.2. The van der Waals surface area contributed by atoms with Crippen LogP contribution in [0.5, 0.6) is 0 Å². The monoisotopic (exact) mass is 235 g/mol. The largest absolute Gasteiger partial charge is 0.480 e. The molecular weight excluding hydrogens is 218 g/mol. The van der Waals surface area contributed by atoms with Gasteiger partial charge in [-0.3, -0.25) is 4.79 Å². The molecule has 6 heteroatoms. The molecule has 88 valence electrons. The summed E-state index contributed by atoms with van der Waals surface area (Å²) in [6, 6.07) is -1.03. The van der Waals surface area contributed by atoms with Crippen molar-refractivity contribution in [3.8, 4) is 0 Å². The van der Waals surface area contributed by atoms with Crippen LogP contribution in [-0.4, -0.2) is 31.3 Å². The van der Waals surface area contributed by atoms with Gasteiger partial charge in [-0.25, -0.2) is 13.1 Å². The van der Waals surface area contributed by atoms with Gasteiger partial charge < -0.3 is 5.11 Å². The second kappa shape index (κ2) is 6.58. The van der Waals surface area contributed by atoms with E-state index in [2.05, 4.69) is 11.3 Å². The van der Waals surface area contributed by atoms with Crippen LogP contribution >= 0.6 is 0 Å². The van der Waals surface area contributed by atoms with Crippen molar-refractivity contribution < 1.29 is 18.3 Å². The number of rotatable bonds is 8. The molecule has 0 saturated carbocycles. The first-order valence-electron chi connectivity index (χ1n) is 4.76. The summed E-state index contributed by atoms with van der Waals surface area (Å²) in [7, 11) is -3.56. The zero-order valence-corrected chi connectivity index (χ0v) is 9.59. The van der Waals surface area contributed by atoms with E-state index in [1.54, 1.807) is 0 Å². The van der Waals surface area contributed by atoms with E-state index in [0.717, 1.165) is 6.42 Å². The highest BCUT2D eigenvalue weighted by Gasteiger charge is 2.22. The predicted octanol–water partition coefficient (Wildman–Crippen LogP) is 0.735. The molecule has 0 amide bonds. The zero-order chi connectivity index (χ0) is 11.9. The van der Waals surface area contributed by atoms with Gasteiger partial charge in [0.05, 0.1) is 5.75 Å². The minimum Gasteiger partial charge on any atom is -0.480 e. The fourth-order valence-electron chi connectivity index (χ4n) is 1.06. The van der Waals surface area contributed by atoms with E-state index in [9.17, 15) is 13.2 Å². The SMILES string of the molecule is C=CCS(=O)(=O)NC(CCCC)C(=O)O. The Morgan fingerprint density at radius 3 is 2.60 bits per heavy atom. The van der Waals surface area contributed by atoms with Crippen molar-refractivity contribution >= 4 is 16.0 Å². The lowest BCUT2D eigenvalue weighted by Gasteiger charge is -2.13. The topological polar surface area (TPSA) is 83.5 Å². The molecule has 0 heterocycles. The maximum absolute atomic E-state index is 11.3. The van der Waals surface area contributed by atoms with Gasteiger partial charge in [-0.1, -0.05) is 25.8 Å². The molecule has 0 aliphatic heterocycles. The summed E-state index contributed by atoms with van der Waals surface area (Å²) in [5.41, 5.74) is 0. The summed E-state index contributed by atoms with van der Waals surface area (Å²) in [5, 5.41) is 8.78. The Morgan fingerprint density at radius 2 is 2.20 bits per heavy atom. The average Bonchev–Trinajstić information content (AvgIpc) is 2.11. The number of carbonyl (C=O) groups is 1. The molecule has 0 aromatic heterocycles. The van der Waals surface area contributed by atoms with Gasteiger partial charge in [0.15, 0.2) is 0 Å². The van der Waals surface area contributed by atoms with E-state index in [1.807, 2.05) is 6.92 Å². The molecule has 0 aromatic rings. The highest BCUT2D eigenvalue weighted by Crippen LogP contribution is 2.02. The minimum absolute atomic E-state index is 0.261. The third kappa shape index (κ3) is 6.24. The summed E-state index contributed by atoms with van der Waals surface area (Å²) >= 11 is 0. The van der Waals surface area contributed by atoms with Crippen LogP contribution in [0.3, 0.4) is 0 Å². The van der Waals surface area contributed by atoms with Gasteiger partial charge in [0.1, 0.15) is 6.04 Å². The summed E-state index contributed by atoms with van der Waals surface area (Å²) in [4.78, 5) is 10.7. The molecule has 0 saturated heterocycles. The van der Waals surface area contributed by atoms with Gasteiger partial charge in [0.25, 0.3) is 0 Å². The second-order valence-electron chi connectivity index (χ2n) is 3.22. The molecule has 0 aromatic carbocycles. The molecule has 0 rings (SSSR count). The lowest BCUT2D eigenvalue weighted by Crippen LogP contribution is -2.41. The number of sulfonamides is 1. The molecule has 0 radical (unpaired) electrons. The van der Waals surface area contributed by atoms with Crippen LogP contribution in [0.25, 0.3) is 0 Å². The average molecular weight is 235 g/mol. The molecule has 2 N–H and O–H groups in total. The van der Waals surface area contributed by atoms with Crippen LogP contribution in [0, 0.1) is 0 Å². The van der Waals surface area contributed by atoms with Crippen LogP contribution in [0.2, 0.25) is 0 Å². The summed E-state index contributed by atoms with van der Waals surface area (Å²) in [6.07, 6.45) is 3.03. The number of nitrogens with one attached hydrogen (secondary N) is 1. The fourth-order valence-corrected chi connectivity index (χ4v) is 2.12. The van der Waals surface area contributed by atoms with Gasteiger partial charge in [-0.05, 0) is 6.42 Å². The van der Waals surface area contributed by atoms with Gasteiger partial charge >= 0.3 is 5.97 Å². The first-order valence-corrected chi connectivity index (χ1v) is 6.42. The quantitative estimate of drug-likeness (QED) is 0.608. The van der Waals surface area contributed by atoms with Crippen LogP contribution in [-0.2, 0) is 14.8 Å². The van der Waals surface area contributed by atoms with Crippen LogP contribution in [0.15, 0.2) is 12.7 Å². The zero-order valence-electron chi connectivity index (χ0n) is 8.77. The Bertz CT molecular complexity index is 310. The van der Waals surface area contributed by atoms with E-state index < -0.39 is 22.0 Å². The van der Waals surface area contributed by atoms with Crippen molar-refractivity contribution in [2.24, 2.45) is 0 Å². The molecule has 0 fully saturated rings. The number of carboxylic acid groups (broad SMARTS) is 1. The van der Waals surface area contributed by atoms with Gasteiger partial charge in [-0.2, -0.15) is 0 Å². The van der Waals surface area contributed by atoms with E-state index in [-0.39, 0.29) is 5.75 Å². The first kappa shape index (κ1) is 14.1. The normalized spacial score (nSPS) is 13.4. The number of hydrogen-bond acceptors (Lipinski definition) is 3. The lowest BCUT2D eigenvalue weighted by molar-refractivity contribution is -0.139. The van der Waals surface area contributed by atoms with E-state index in [1.165, 1.54) is 6.08 Å².